The van der Waals surface area contributed by atoms with Crippen LogP contribution in [-0.2, 0) is 10.3 Å². The topological polar surface area (TPSA) is 84.6 Å². The minimum atomic E-state index is -1.39. The third-order valence-corrected chi connectivity index (χ3v) is 2.91. The maximum atomic E-state index is 11.2. The first-order chi connectivity index (χ1) is 7.45. The number of nitrogens with one attached hydrogen (secondary N) is 1. The summed E-state index contributed by atoms with van der Waals surface area (Å²) < 4.78 is 5.87. The van der Waals surface area contributed by atoms with E-state index in [9.17, 15) is 9.90 Å². The summed E-state index contributed by atoms with van der Waals surface area (Å²) in [4.78, 5) is 11.2. The first-order valence-electron chi connectivity index (χ1n) is 4.51. The molecule has 0 aliphatic heterocycles. The number of carbonyl (C=O) groups is 1. The summed E-state index contributed by atoms with van der Waals surface area (Å²) in [5, 5.41) is 9.18. The van der Waals surface area contributed by atoms with Crippen molar-refractivity contribution in [2.24, 2.45) is 5.84 Å². The van der Waals surface area contributed by atoms with E-state index in [2.05, 4.69) is 21.4 Å². The van der Waals surface area contributed by atoms with Gasteiger partial charge in [0.05, 0.1) is 7.11 Å². The molecule has 6 heteroatoms. The van der Waals surface area contributed by atoms with Crippen LogP contribution in [0.2, 0.25) is 0 Å². The van der Waals surface area contributed by atoms with Crippen LogP contribution in [0.15, 0.2) is 22.7 Å². The number of hydrazine groups is 1. The van der Waals surface area contributed by atoms with Crippen LogP contribution in [0.5, 0.6) is 5.75 Å². The zero-order valence-corrected chi connectivity index (χ0v) is 10.5. The van der Waals surface area contributed by atoms with Crippen molar-refractivity contribution in [3.63, 3.8) is 0 Å². The van der Waals surface area contributed by atoms with Crippen LogP contribution in [0.3, 0.4) is 0 Å². The van der Waals surface area contributed by atoms with Crippen molar-refractivity contribution in [2.75, 3.05) is 7.11 Å². The van der Waals surface area contributed by atoms with Crippen LogP contribution in [0.4, 0.5) is 0 Å². The summed E-state index contributed by atoms with van der Waals surface area (Å²) in [6, 6.07) is 5.10. The molecular weight excluding hydrogens is 276 g/mol. The van der Waals surface area contributed by atoms with E-state index < -0.39 is 11.5 Å². The molecule has 16 heavy (non-hydrogen) atoms. The van der Waals surface area contributed by atoms with Crippen LogP contribution >= 0.6 is 15.9 Å². The highest BCUT2D eigenvalue weighted by Gasteiger charge is 2.36. The van der Waals surface area contributed by atoms with Crippen molar-refractivity contribution < 1.29 is 14.6 Å². The third kappa shape index (κ3) is 2.18. The Morgan fingerprint density at radius 3 is 2.69 bits per heavy atom. The van der Waals surface area contributed by atoms with E-state index >= 15 is 0 Å². The predicted octanol–water partition coefficient (Wildman–Crippen LogP) is 1.22. The number of hydrogen-bond donors (Lipinski definition) is 3. The van der Waals surface area contributed by atoms with E-state index in [0.717, 1.165) is 4.47 Å². The normalized spacial score (nSPS) is 14.2. The Labute approximate surface area is 102 Å². The van der Waals surface area contributed by atoms with E-state index in [-0.39, 0.29) is 0 Å². The molecule has 1 aromatic rings. The van der Waals surface area contributed by atoms with Crippen molar-refractivity contribution in [1.29, 1.82) is 0 Å². The van der Waals surface area contributed by atoms with Gasteiger partial charge < -0.3 is 9.84 Å². The van der Waals surface area contributed by atoms with Crippen molar-refractivity contribution in [1.82, 2.24) is 5.43 Å². The van der Waals surface area contributed by atoms with E-state index in [1.165, 1.54) is 14.0 Å². The van der Waals surface area contributed by atoms with Crippen molar-refractivity contribution >= 4 is 21.9 Å². The Balaban J connectivity index is 3.39. The lowest BCUT2D eigenvalue weighted by Gasteiger charge is -2.26. The third-order valence-electron chi connectivity index (χ3n) is 2.42. The van der Waals surface area contributed by atoms with Crippen molar-refractivity contribution in [3.05, 3.63) is 28.2 Å². The summed E-state index contributed by atoms with van der Waals surface area (Å²) in [5.74, 6) is 4.70. The Morgan fingerprint density at radius 2 is 2.25 bits per heavy atom. The molecule has 0 saturated carbocycles. The molecule has 0 amide bonds. The molecule has 4 N–H and O–H groups in total. The van der Waals surface area contributed by atoms with Crippen LogP contribution in [0, 0.1) is 0 Å². The van der Waals surface area contributed by atoms with E-state index in [4.69, 9.17) is 10.6 Å². The second-order valence-electron chi connectivity index (χ2n) is 3.42. The number of rotatable bonds is 4. The van der Waals surface area contributed by atoms with Gasteiger partial charge in [0.25, 0.3) is 0 Å². The van der Waals surface area contributed by atoms with Gasteiger partial charge in [0.2, 0.25) is 0 Å². The fourth-order valence-electron chi connectivity index (χ4n) is 1.33. The average Bonchev–Trinajstić information content (AvgIpc) is 2.27. The van der Waals surface area contributed by atoms with Gasteiger partial charge in [-0.2, -0.15) is 0 Å². The van der Waals surface area contributed by atoms with Crippen molar-refractivity contribution in [2.45, 2.75) is 12.5 Å². The SMILES string of the molecule is COc1ccc(Br)cc1C(C)(NN)C(=O)O. The van der Waals surface area contributed by atoms with E-state index in [1.807, 2.05) is 0 Å². The van der Waals surface area contributed by atoms with Gasteiger partial charge in [-0.3, -0.25) is 5.84 Å². The minimum absolute atomic E-state index is 0.458. The zero-order chi connectivity index (χ0) is 12.3. The fraction of sp³-hybridized carbons (Fsp3) is 0.300. The molecule has 88 valence electrons. The number of carboxylic acid groups (broad SMARTS) is 1. The second kappa shape index (κ2) is 4.82. The Kier molecular flexibility index (Phi) is 3.90. The molecule has 0 aromatic heterocycles. The van der Waals surface area contributed by atoms with Crippen LogP contribution in [-0.4, -0.2) is 18.2 Å². The molecule has 1 aromatic carbocycles. The molecule has 0 spiro atoms. The highest BCUT2D eigenvalue weighted by atomic mass is 79.9. The molecule has 0 aliphatic rings. The van der Waals surface area contributed by atoms with Gasteiger partial charge in [0.15, 0.2) is 5.54 Å². The maximum Gasteiger partial charge on any atom is 0.329 e. The first-order valence-corrected chi connectivity index (χ1v) is 5.30. The average molecular weight is 289 g/mol. The molecule has 0 bridgehead atoms. The van der Waals surface area contributed by atoms with Gasteiger partial charge in [-0.15, -0.1) is 0 Å². The lowest BCUT2D eigenvalue weighted by atomic mass is 9.92. The number of nitrogens with two attached hydrogens (primary N) is 1. The number of halogens is 1. The number of ether oxygens (including phenoxy) is 1. The molecule has 5 nitrogen and oxygen atoms in total. The van der Waals surface area contributed by atoms with Crippen LogP contribution in [0.1, 0.15) is 12.5 Å². The van der Waals surface area contributed by atoms with Gasteiger partial charge in [0, 0.05) is 10.0 Å². The second-order valence-corrected chi connectivity index (χ2v) is 4.33. The summed E-state index contributed by atoms with van der Waals surface area (Å²) in [6.07, 6.45) is 0. The molecule has 0 aliphatic carbocycles. The monoisotopic (exact) mass is 288 g/mol. The maximum absolute atomic E-state index is 11.2. The van der Waals surface area contributed by atoms with Gasteiger partial charge >= 0.3 is 5.97 Å². The molecule has 1 unspecified atom stereocenters. The quantitative estimate of drug-likeness (QED) is 0.573. The molecule has 0 radical (unpaired) electrons. The first kappa shape index (κ1) is 13.0. The lowest BCUT2D eigenvalue weighted by molar-refractivity contribution is -0.144. The number of methoxy groups -OCH3 is 1. The molecular formula is C10H13BrN2O3. The molecule has 0 fully saturated rings. The van der Waals surface area contributed by atoms with Crippen LogP contribution in [0.25, 0.3) is 0 Å². The summed E-state index contributed by atoms with van der Waals surface area (Å²) in [5.41, 5.74) is 1.36. The molecule has 1 rings (SSSR count). The Bertz CT molecular complexity index is 411. The zero-order valence-electron chi connectivity index (χ0n) is 8.95. The van der Waals surface area contributed by atoms with E-state index in [0.29, 0.717) is 11.3 Å². The Morgan fingerprint density at radius 1 is 1.62 bits per heavy atom. The highest BCUT2D eigenvalue weighted by molar-refractivity contribution is 9.10. The standard InChI is InChI=1S/C10H13BrN2O3/c1-10(13-12,9(14)15)7-5-6(11)3-4-8(7)16-2/h3-5,13H,12H2,1-2H3,(H,14,15). The predicted molar refractivity (Wildman–Crippen MR) is 63.0 cm³/mol. The van der Waals surface area contributed by atoms with Crippen molar-refractivity contribution in [3.8, 4) is 5.75 Å². The minimum Gasteiger partial charge on any atom is -0.496 e. The number of benzene rings is 1. The largest absolute Gasteiger partial charge is 0.496 e. The number of hydrogen-bond acceptors (Lipinski definition) is 4. The molecule has 1 atom stereocenters. The lowest BCUT2D eigenvalue weighted by Crippen LogP contribution is -2.50. The number of carboxylic acids is 1. The van der Waals surface area contributed by atoms with Gasteiger partial charge in [0.1, 0.15) is 5.75 Å². The summed E-state index contributed by atoms with van der Waals surface area (Å²) in [6.45, 7) is 1.47. The highest BCUT2D eigenvalue weighted by Crippen LogP contribution is 2.32. The van der Waals surface area contributed by atoms with Crippen LogP contribution < -0.4 is 16.0 Å². The molecule has 0 saturated heterocycles. The van der Waals surface area contributed by atoms with Gasteiger partial charge in [-0.1, -0.05) is 15.9 Å². The Hall–Kier alpha value is -1.11. The van der Waals surface area contributed by atoms with Gasteiger partial charge in [-0.25, -0.2) is 10.2 Å². The smallest absolute Gasteiger partial charge is 0.329 e. The van der Waals surface area contributed by atoms with E-state index in [1.54, 1.807) is 18.2 Å². The summed E-state index contributed by atoms with van der Waals surface area (Å²) >= 11 is 3.28. The summed E-state index contributed by atoms with van der Waals surface area (Å²) in [7, 11) is 1.48. The molecule has 0 heterocycles. The fourth-order valence-corrected chi connectivity index (χ4v) is 1.69. The number of aliphatic carboxylic acids is 1. The van der Waals surface area contributed by atoms with Gasteiger partial charge in [-0.05, 0) is 25.1 Å².